The van der Waals surface area contributed by atoms with E-state index in [2.05, 4.69) is 27.5 Å². The van der Waals surface area contributed by atoms with Crippen LogP contribution in [0.25, 0.3) is 5.65 Å². The van der Waals surface area contributed by atoms with E-state index < -0.39 is 0 Å². The third-order valence-electron chi connectivity index (χ3n) is 4.11. The third kappa shape index (κ3) is 2.61. The van der Waals surface area contributed by atoms with E-state index in [1.54, 1.807) is 0 Å². The third-order valence-corrected chi connectivity index (χ3v) is 4.11. The molecule has 3 heterocycles. The number of nitrogens with zero attached hydrogens (tertiary/aromatic N) is 4. The van der Waals surface area contributed by atoms with Crippen molar-refractivity contribution < 1.29 is 0 Å². The summed E-state index contributed by atoms with van der Waals surface area (Å²) in [6, 6.07) is 3.95. The normalized spacial score (nSPS) is 21.7. The van der Waals surface area contributed by atoms with Gasteiger partial charge in [0.15, 0.2) is 11.5 Å². The van der Waals surface area contributed by atoms with Gasteiger partial charge in [0.2, 0.25) is 0 Å². The van der Waals surface area contributed by atoms with Crippen molar-refractivity contribution in [2.24, 2.45) is 11.8 Å². The molecule has 102 valence electrons. The predicted molar refractivity (Wildman–Crippen MR) is 74.0 cm³/mol. The SMILES string of the molecule is Cc1ccc2nnc(CC(C)C3CCCNC3)n2n1. The van der Waals surface area contributed by atoms with Gasteiger partial charge in [-0.1, -0.05) is 6.92 Å². The molecule has 1 aliphatic heterocycles. The highest BCUT2D eigenvalue weighted by molar-refractivity contribution is 5.36. The lowest BCUT2D eigenvalue weighted by Crippen LogP contribution is -2.34. The van der Waals surface area contributed by atoms with E-state index in [0.29, 0.717) is 5.92 Å². The summed E-state index contributed by atoms with van der Waals surface area (Å²) >= 11 is 0. The van der Waals surface area contributed by atoms with Gasteiger partial charge in [0.25, 0.3) is 0 Å². The van der Waals surface area contributed by atoms with Gasteiger partial charge in [-0.05, 0) is 56.8 Å². The lowest BCUT2D eigenvalue weighted by atomic mass is 9.85. The first-order valence-electron chi connectivity index (χ1n) is 7.12. The fraction of sp³-hybridized carbons (Fsp3) is 0.643. The van der Waals surface area contributed by atoms with Crippen molar-refractivity contribution in [1.82, 2.24) is 25.1 Å². The van der Waals surface area contributed by atoms with Crippen LogP contribution in [0, 0.1) is 18.8 Å². The first-order valence-corrected chi connectivity index (χ1v) is 7.12. The van der Waals surface area contributed by atoms with Crippen LogP contribution in [0.5, 0.6) is 0 Å². The molecule has 0 bridgehead atoms. The summed E-state index contributed by atoms with van der Waals surface area (Å²) in [5.41, 5.74) is 1.84. The lowest BCUT2D eigenvalue weighted by Gasteiger charge is -2.27. The molecule has 0 spiro atoms. The molecule has 2 unspecified atom stereocenters. The molecule has 0 amide bonds. The van der Waals surface area contributed by atoms with Gasteiger partial charge in [-0.25, -0.2) is 0 Å². The van der Waals surface area contributed by atoms with Gasteiger partial charge in [0, 0.05) is 6.42 Å². The number of fused-ring (bicyclic) bond motifs is 1. The molecule has 5 heteroatoms. The Hall–Kier alpha value is -1.49. The largest absolute Gasteiger partial charge is 0.316 e. The molecule has 1 fully saturated rings. The Bertz CT molecular complexity index is 556. The molecule has 1 N–H and O–H groups in total. The first kappa shape index (κ1) is 12.5. The summed E-state index contributed by atoms with van der Waals surface area (Å²) in [4.78, 5) is 0. The fourth-order valence-electron chi connectivity index (χ4n) is 2.87. The van der Waals surface area contributed by atoms with E-state index in [9.17, 15) is 0 Å². The second kappa shape index (κ2) is 5.25. The summed E-state index contributed by atoms with van der Waals surface area (Å²) in [5.74, 6) is 2.34. The summed E-state index contributed by atoms with van der Waals surface area (Å²) in [5, 5.41) is 16.5. The highest BCUT2D eigenvalue weighted by Crippen LogP contribution is 2.22. The fourth-order valence-corrected chi connectivity index (χ4v) is 2.87. The number of piperidine rings is 1. The monoisotopic (exact) mass is 259 g/mol. The van der Waals surface area contributed by atoms with Gasteiger partial charge in [-0.3, -0.25) is 0 Å². The maximum absolute atomic E-state index is 4.51. The van der Waals surface area contributed by atoms with Crippen molar-refractivity contribution in [2.75, 3.05) is 13.1 Å². The van der Waals surface area contributed by atoms with Gasteiger partial charge < -0.3 is 5.32 Å². The second-order valence-corrected chi connectivity index (χ2v) is 5.65. The summed E-state index contributed by atoms with van der Waals surface area (Å²) in [6.07, 6.45) is 3.55. The van der Waals surface area contributed by atoms with Crippen LogP contribution in [0.3, 0.4) is 0 Å². The number of rotatable bonds is 3. The number of hydrogen-bond donors (Lipinski definition) is 1. The number of aromatic nitrogens is 4. The van der Waals surface area contributed by atoms with Crippen molar-refractivity contribution >= 4 is 5.65 Å². The number of aryl methyl sites for hydroxylation is 1. The topological polar surface area (TPSA) is 55.1 Å². The summed E-state index contributed by atoms with van der Waals surface area (Å²) < 4.78 is 1.89. The average molecular weight is 259 g/mol. The molecule has 2 aromatic rings. The van der Waals surface area contributed by atoms with E-state index in [0.717, 1.165) is 42.6 Å². The molecule has 5 nitrogen and oxygen atoms in total. The predicted octanol–water partition coefficient (Wildman–Crippen LogP) is 1.61. The Morgan fingerprint density at radius 3 is 3.11 bits per heavy atom. The van der Waals surface area contributed by atoms with Crippen molar-refractivity contribution in [3.8, 4) is 0 Å². The second-order valence-electron chi connectivity index (χ2n) is 5.65. The zero-order chi connectivity index (χ0) is 13.2. The van der Waals surface area contributed by atoms with Gasteiger partial charge in [0.05, 0.1) is 5.69 Å². The standard InChI is InChI=1S/C14H21N5/c1-10(12-4-3-7-15-9-12)8-14-17-16-13-6-5-11(2)18-19(13)14/h5-6,10,12,15H,3-4,7-9H2,1-2H3. The first-order chi connectivity index (χ1) is 9.24. The number of hydrogen-bond acceptors (Lipinski definition) is 4. The molecular weight excluding hydrogens is 238 g/mol. The quantitative estimate of drug-likeness (QED) is 0.910. The molecule has 0 saturated carbocycles. The zero-order valence-electron chi connectivity index (χ0n) is 11.6. The molecule has 0 aromatic carbocycles. The van der Waals surface area contributed by atoms with Gasteiger partial charge in [0.1, 0.15) is 0 Å². The molecule has 0 radical (unpaired) electrons. The van der Waals surface area contributed by atoms with Crippen LogP contribution in [-0.4, -0.2) is 32.9 Å². The minimum absolute atomic E-state index is 0.613. The molecule has 19 heavy (non-hydrogen) atoms. The van der Waals surface area contributed by atoms with Crippen LogP contribution in [-0.2, 0) is 6.42 Å². The van der Waals surface area contributed by atoms with Gasteiger partial charge in [-0.15, -0.1) is 10.2 Å². The van der Waals surface area contributed by atoms with Crippen LogP contribution in [0.1, 0.15) is 31.3 Å². The Morgan fingerprint density at radius 1 is 1.42 bits per heavy atom. The summed E-state index contributed by atoms with van der Waals surface area (Å²) in [7, 11) is 0. The van der Waals surface area contributed by atoms with Crippen LogP contribution in [0.15, 0.2) is 12.1 Å². The molecule has 3 rings (SSSR count). The summed E-state index contributed by atoms with van der Waals surface area (Å²) in [6.45, 7) is 6.61. The highest BCUT2D eigenvalue weighted by Gasteiger charge is 2.22. The van der Waals surface area contributed by atoms with Crippen LogP contribution in [0.4, 0.5) is 0 Å². The highest BCUT2D eigenvalue weighted by atomic mass is 15.4. The van der Waals surface area contributed by atoms with Crippen LogP contribution < -0.4 is 5.32 Å². The molecule has 2 atom stereocenters. The van der Waals surface area contributed by atoms with E-state index in [4.69, 9.17) is 0 Å². The van der Waals surface area contributed by atoms with Gasteiger partial charge >= 0.3 is 0 Å². The minimum atomic E-state index is 0.613. The van der Waals surface area contributed by atoms with Gasteiger partial charge in [-0.2, -0.15) is 9.61 Å². The smallest absolute Gasteiger partial charge is 0.177 e. The maximum atomic E-state index is 4.51. The van der Waals surface area contributed by atoms with Crippen LogP contribution in [0.2, 0.25) is 0 Å². The molecule has 1 saturated heterocycles. The van der Waals surface area contributed by atoms with Crippen molar-refractivity contribution in [3.05, 3.63) is 23.7 Å². The van der Waals surface area contributed by atoms with Crippen molar-refractivity contribution in [1.29, 1.82) is 0 Å². The van der Waals surface area contributed by atoms with Crippen LogP contribution >= 0.6 is 0 Å². The Labute approximate surface area is 113 Å². The average Bonchev–Trinajstić information content (AvgIpc) is 2.82. The van der Waals surface area contributed by atoms with E-state index in [1.807, 2.05) is 23.6 Å². The molecule has 1 aliphatic rings. The van der Waals surface area contributed by atoms with E-state index in [1.165, 1.54) is 12.8 Å². The lowest BCUT2D eigenvalue weighted by molar-refractivity contribution is 0.275. The van der Waals surface area contributed by atoms with E-state index in [-0.39, 0.29) is 0 Å². The Balaban J connectivity index is 1.78. The molecular formula is C14H21N5. The molecule has 2 aromatic heterocycles. The zero-order valence-corrected chi connectivity index (χ0v) is 11.6. The molecule has 0 aliphatic carbocycles. The van der Waals surface area contributed by atoms with Crippen molar-refractivity contribution in [3.63, 3.8) is 0 Å². The van der Waals surface area contributed by atoms with E-state index >= 15 is 0 Å². The Kier molecular flexibility index (Phi) is 3.46. The maximum Gasteiger partial charge on any atom is 0.177 e. The van der Waals surface area contributed by atoms with Crippen molar-refractivity contribution in [2.45, 2.75) is 33.1 Å². The number of nitrogens with one attached hydrogen (secondary N) is 1. The minimum Gasteiger partial charge on any atom is -0.316 e. The Morgan fingerprint density at radius 2 is 2.32 bits per heavy atom.